The van der Waals surface area contributed by atoms with E-state index in [2.05, 4.69) is 13.8 Å². The molecule has 0 fully saturated rings. The van der Waals surface area contributed by atoms with E-state index in [0.717, 1.165) is 12.0 Å². The van der Waals surface area contributed by atoms with E-state index in [1.807, 2.05) is 0 Å². The summed E-state index contributed by atoms with van der Waals surface area (Å²) in [4.78, 5) is 0. The maximum atomic E-state index is 12.9. The van der Waals surface area contributed by atoms with Crippen molar-refractivity contribution in [2.24, 2.45) is 0 Å². The van der Waals surface area contributed by atoms with Gasteiger partial charge in [-0.3, -0.25) is 0 Å². The smallest absolute Gasteiger partial charge is 0.125 e. The molecule has 18 heavy (non-hydrogen) atoms. The average Bonchev–Trinajstić information content (AvgIpc) is 2.33. The molecule has 3 heteroatoms. The minimum atomic E-state index is -0.302. The topological polar surface area (TPSA) is 35.2 Å². The van der Waals surface area contributed by atoms with Crippen molar-refractivity contribution in [3.8, 4) is 0 Å². The molecule has 1 unspecified atom stereocenters. The van der Waals surface area contributed by atoms with Crippen molar-refractivity contribution in [2.45, 2.75) is 58.7 Å². The maximum Gasteiger partial charge on any atom is 0.125 e. The molecule has 0 aliphatic rings. The van der Waals surface area contributed by atoms with Crippen LogP contribution in [0.1, 0.15) is 51.5 Å². The fourth-order valence-electron chi connectivity index (χ4n) is 1.87. The number of halogens is 1. The van der Waals surface area contributed by atoms with E-state index in [1.165, 1.54) is 37.8 Å². The number of unbranched alkanes of at least 4 members (excludes halogenated alkanes) is 3. The zero-order valence-corrected chi connectivity index (χ0v) is 11.4. The first-order valence-electron chi connectivity index (χ1n) is 6.79. The lowest BCUT2D eigenvalue weighted by Gasteiger charge is -2.14. The first-order chi connectivity index (χ1) is 8.63. The van der Waals surface area contributed by atoms with Crippen LogP contribution in [0.4, 0.5) is 10.1 Å². The van der Waals surface area contributed by atoms with Crippen LogP contribution in [-0.2, 0) is 11.3 Å². The van der Waals surface area contributed by atoms with Gasteiger partial charge in [-0.15, -0.1) is 0 Å². The molecule has 0 aliphatic carbocycles. The quantitative estimate of drug-likeness (QED) is 0.554. The Labute approximate surface area is 109 Å². The van der Waals surface area contributed by atoms with Crippen molar-refractivity contribution in [1.29, 1.82) is 0 Å². The molecule has 0 spiro atoms. The van der Waals surface area contributed by atoms with Gasteiger partial charge in [0.1, 0.15) is 5.82 Å². The minimum absolute atomic E-state index is 0.228. The third-order valence-corrected chi connectivity index (χ3v) is 3.10. The van der Waals surface area contributed by atoms with Crippen molar-refractivity contribution in [2.75, 3.05) is 5.73 Å². The average molecular weight is 253 g/mol. The van der Waals surface area contributed by atoms with E-state index in [0.29, 0.717) is 12.3 Å². The van der Waals surface area contributed by atoms with Crippen molar-refractivity contribution < 1.29 is 9.13 Å². The van der Waals surface area contributed by atoms with Crippen molar-refractivity contribution in [3.05, 3.63) is 29.6 Å². The Kier molecular flexibility index (Phi) is 6.73. The molecule has 1 rings (SSSR count). The van der Waals surface area contributed by atoms with Gasteiger partial charge in [-0.05, 0) is 25.5 Å². The number of hydrogen-bond acceptors (Lipinski definition) is 2. The van der Waals surface area contributed by atoms with E-state index < -0.39 is 0 Å². The number of ether oxygens (including phenoxy) is 1. The van der Waals surface area contributed by atoms with Crippen LogP contribution < -0.4 is 5.73 Å². The van der Waals surface area contributed by atoms with Crippen LogP contribution >= 0.6 is 0 Å². The molecular formula is C15H24FNO. The number of hydrogen-bond donors (Lipinski definition) is 1. The summed E-state index contributed by atoms with van der Waals surface area (Å²) in [7, 11) is 0. The van der Waals surface area contributed by atoms with Gasteiger partial charge >= 0.3 is 0 Å². The van der Waals surface area contributed by atoms with Gasteiger partial charge in [-0.25, -0.2) is 4.39 Å². The standard InChI is InChI=1S/C15H24FNO/c1-3-4-5-6-7-12(2)18-11-13-8-9-14(16)10-15(13)17/h8-10,12H,3-7,11,17H2,1-2H3. The molecule has 102 valence electrons. The Bertz CT molecular complexity index is 354. The van der Waals surface area contributed by atoms with Crippen LogP contribution in [-0.4, -0.2) is 6.10 Å². The maximum absolute atomic E-state index is 12.9. The molecular weight excluding hydrogens is 229 g/mol. The third-order valence-electron chi connectivity index (χ3n) is 3.10. The highest BCUT2D eigenvalue weighted by Gasteiger charge is 2.05. The lowest BCUT2D eigenvalue weighted by atomic mass is 10.1. The zero-order chi connectivity index (χ0) is 13.4. The molecule has 2 nitrogen and oxygen atoms in total. The highest BCUT2D eigenvalue weighted by atomic mass is 19.1. The molecule has 0 aliphatic heterocycles. The van der Waals surface area contributed by atoms with Gasteiger partial charge in [0.25, 0.3) is 0 Å². The van der Waals surface area contributed by atoms with E-state index in [1.54, 1.807) is 6.07 Å². The lowest BCUT2D eigenvalue weighted by Crippen LogP contribution is -2.09. The second-order valence-electron chi connectivity index (χ2n) is 4.81. The van der Waals surface area contributed by atoms with E-state index in [-0.39, 0.29) is 11.9 Å². The van der Waals surface area contributed by atoms with Gasteiger partial charge in [0.15, 0.2) is 0 Å². The summed E-state index contributed by atoms with van der Waals surface area (Å²) < 4.78 is 18.6. The Balaban J connectivity index is 2.27. The molecule has 0 saturated heterocycles. The second-order valence-corrected chi connectivity index (χ2v) is 4.81. The summed E-state index contributed by atoms with van der Waals surface area (Å²) >= 11 is 0. The summed E-state index contributed by atoms with van der Waals surface area (Å²) in [6.07, 6.45) is 6.31. The fourth-order valence-corrected chi connectivity index (χ4v) is 1.87. The molecule has 0 amide bonds. The summed E-state index contributed by atoms with van der Waals surface area (Å²) in [5, 5.41) is 0. The van der Waals surface area contributed by atoms with Crippen molar-refractivity contribution in [3.63, 3.8) is 0 Å². The fraction of sp³-hybridized carbons (Fsp3) is 0.600. The van der Waals surface area contributed by atoms with Crippen LogP contribution in [0.25, 0.3) is 0 Å². The summed E-state index contributed by atoms with van der Waals surface area (Å²) in [5.41, 5.74) is 7.05. The molecule has 1 aromatic carbocycles. The molecule has 0 bridgehead atoms. The second kappa shape index (κ2) is 8.09. The van der Waals surface area contributed by atoms with Crippen LogP contribution in [0.5, 0.6) is 0 Å². The number of nitrogen functional groups attached to an aromatic ring is 1. The minimum Gasteiger partial charge on any atom is -0.398 e. The van der Waals surface area contributed by atoms with E-state index in [4.69, 9.17) is 10.5 Å². The van der Waals surface area contributed by atoms with Crippen molar-refractivity contribution >= 4 is 5.69 Å². The molecule has 0 saturated carbocycles. The summed E-state index contributed by atoms with van der Waals surface area (Å²) in [6, 6.07) is 4.44. The largest absolute Gasteiger partial charge is 0.398 e. The molecule has 2 N–H and O–H groups in total. The van der Waals surface area contributed by atoms with Crippen LogP contribution in [0, 0.1) is 5.82 Å². The van der Waals surface area contributed by atoms with Crippen LogP contribution in [0.15, 0.2) is 18.2 Å². The van der Waals surface area contributed by atoms with Gasteiger partial charge < -0.3 is 10.5 Å². The van der Waals surface area contributed by atoms with Gasteiger partial charge in [-0.1, -0.05) is 38.7 Å². The highest BCUT2D eigenvalue weighted by Crippen LogP contribution is 2.16. The molecule has 0 radical (unpaired) electrons. The molecule has 0 heterocycles. The number of benzene rings is 1. The van der Waals surface area contributed by atoms with Crippen LogP contribution in [0.2, 0.25) is 0 Å². The van der Waals surface area contributed by atoms with Crippen molar-refractivity contribution in [1.82, 2.24) is 0 Å². The van der Waals surface area contributed by atoms with Crippen LogP contribution in [0.3, 0.4) is 0 Å². The number of rotatable bonds is 8. The van der Waals surface area contributed by atoms with E-state index in [9.17, 15) is 4.39 Å². The molecule has 1 atom stereocenters. The Morgan fingerprint density at radius 1 is 1.28 bits per heavy atom. The summed E-state index contributed by atoms with van der Waals surface area (Å²) in [5.74, 6) is -0.302. The van der Waals surface area contributed by atoms with Gasteiger partial charge in [0.2, 0.25) is 0 Å². The Morgan fingerprint density at radius 3 is 2.72 bits per heavy atom. The molecule has 1 aromatic rings. The first-order valence-corrected chi connectivity index (χ1v) is 6.79. The summed E-state index contributed by atoms with van der Waals surface area (Å²) in [6.45, 7) is 4.74. The monoisotopic (exact) mass is 253 g/mol. The Hall–Kier alpha value is -1.09. The van der Waals surface area contributed by atoms with Gasteiger partial charge in [0, 0.05) is 11.3 Å². The third kappa shape index (κ3) is 5.50. The van der Waals surface area contributed by atoms with Gasteiger partial charge in [-0.2, -0.15) is 0 Å². The van der Waals surface area contributed by atoms with E-state index >= 15 is 0 Å². The Morgan fingerprint density at radius 2 is 2.06 bits per heavy atom. The zero-order valence-electron chi connectivity index (χ0n) is 11.4. The normalized spacial score (nSPS) is 12.6. The number of nitrogens with two attached hydrogens (primary N) is 1. The predicted octanol–water partition coefficient (Wildman–Crippen LogP) is 4.28. The lowest BCUT2D eigenvalue weighted by molar-refractivity contribution is 0.0462. The number of anilines is 1. The van der Waals surface area contributed by atoms with Gasteiger partial charge in [0.05, 0.1) is 12.7 Å². The first kappa shape index (κ1) is 15.0. The molecule has 0 aromatic heterocycles. The highest BCUT2D eigenvalue weighted by molar-refractivity contribution is 5.46. The predicted molar refractivity (Wildman–Crippen MR) is 73.8 cm³/mol. The SMILES string of the molecule is CCCCCCC(C)OCc1ccc(F)cc1N.